The zero-order chi connectivity index (χ0) is 12.7. The number of para-hydroxylation sites is 1. The van der Waals surface area contributed by atoms with Gasteiger partial charge in [-0.3, -0.25) is 10.1 Å². The first-order valence-corrected chi connectivity index (χ1v) is 5.32. The lowest BCUT2D eigenvalue weighted by Crippen LogP contribution is -1.91. The molecule has 5 heteroatoms. The van der Waals surface area contributed by atoms with Crippen LogP contribution in [0.1, 0.15) is 0 Å². The van der Waals surface area contributed by atoms with E-state index in [0.29, 0.717) is 21.8 Å². The molecular weight excluding hydrogens is 232 g/mol. The van der Waals surface area contributed by atoms with E-state index in [-0.39, 0.29) is 11.4 Å². The zero-order valence-corrected chi connectivity index (χ0v) is 9.20. The summed E-state index contributed by atoms with van der Waals surface area (Å²) in [5.74, 6) is 0.0703. The minimum Gasteiger partial charge on any atom is -0.506 e. The highest BCUT2D eigenvalue weighted by atomic mass is 16.6. The summed E-state index contributed by atoms with van der Waals surface area (Å²) in [6.45, 7) is 0. The summed E-state index contributed by atoms with van der Waals surface area (Å²) in [5, 5.41) is 21.8. The Kier molecular flexibility index (Phi) is 2.13. The summed E-state index contributed by atoms with van der Waals surface area (Å²) >= 11 is 0. The highest BCUT2D eigenvalue weighted by Crippen LogP contribution is 2.30. The van der Waals surface area contributed by atoms with Gasteiger partial charge in [0.2, 0.25) is 0 Å². The number of pyridine rings is 1. The van der Waals surface area contributed by atoms with E-state index in [2.05, 4.69) is 4.98 Å². The Hall–Kier alpha value is -2.69. The summed E-state index contributed by atoms with van der Waals surface area (Å²) in [6, 6.07) is 11.4. The zero-order valence-electron chi connectivity index (χ0n) is 9.20. The number of fused-ring (bicyclic) bond motifs is 2. The van der Waals surface area contributed by atoms with Gasteiger partial charge in [0.05, 0.1) is 15.8 Å². The molecule has 1 aromatic heterocycles. The molecule has 18 heavy (non-hydrogen) atoms. The number of phenolic OH excluding ortho intramolecular Hbond substituents is 1. The van der Waals surface area contributed by atoms with Crippen molar-refractivity contribution >= 4 is 27.5 Å². The van der Waals surface area contributed by atoms with E-state index in [9.17, 15) is 15.2 Å². The Morgan fingerprint density at radius 3 is 2.72 bits per heavy atom. The minimum absolute atomic E-state index is 0.0187. The molecule has 0 aliphatic heterocycles. The van der Waals surface area contributed by atoms with Crippen LogP contribution in [0.2, 0.25) is 0 Å². The number of benzene rings is 2. The summed E-state index contributed by atoms with van der Waals surface area (Å²) < 4.78 is 0. The van der Waals surface area contributed by atoms with Crippen LogP contribution in [0.3, 0.4) is 0 Å². The van der Waals surface area contributed by atoms with Crippen molar-refractivity contribution in [2.45, 2.75) is 0 Å². The van der Waals surface area contributed by atoms with Gasteiger partial charge in [0.15, 0.2) is 0 Å². The van der Waals surface area contributed by atoms with Crippen molar-refractivity contribution in [3.8, 4) is 5.75 Å². The van der Waals surface area contributed by atoms with Crippen LogP contribution in [0.5, 0.6) is 5.75 Å². The molecule has 5 nitrogen and oxygen atoms in total. The average Bonchev–Trinajstić information content (AvgIpc) is 2.36. The average molecular weight is 240 g/mol. The van der Waals surface area contributed by atoms with Gasteiger partial charge in [0.1, 0.15) is 11.3 Å². The summed E-state index contributed by atoms with van der Waals surface area (Å²) in [6.07, 6.45) is 0. The predicted molar refractivity (Wildman–Crippen MR) is 67.6 cm³/mol. The van der Waals surface area contributed by atoms with Crippen molar-refractivity contribution in [3.63, 3.8) is 0 Å². The van der Waals surface area contributed by atoms with Crippen LogP contribution in [-0.4, -0.2) is 15.0 Å². The highest BCUT2D eigenvalue weighted by molar-refractivity contribution is 5.99. The summed E-state index contributed by atoms with van der Waals surface area (Å²) in [7, 11) is 0. The molecule has 0 aliphatic carbocycles. The van der Waals surface area contributed by atoms with E-state index >= 15 is 0 Å². The van der Waals surface area contributed by atoms with Crippen molar-refractivity contribution in [3.05, 3.63) is 52.6 Å². The Morgan fingerprint density at radius 2 is 1.94 bits per heavy atom. The molecule has 0 fully saturated rings. The summed E-state index contributed by atoms with van der Waals surface area (Å²) in [4.78, 5) is 14.8. The molecule has 0 aliphatic rings. The monoisotopic (exact) mass is 240 g/mol. The molecule has 0 bridgehead atoms. The lowest BCUT2D eigenvalue weighted by molar-refractivity contribution is -0.383. The Balaban J connectivity index is 2.49. The number of phenols is 1. The van der Waals surface area contributed by atoms with Crippen LogP contribution in [-0.2, 0) is 0 Å². The third-order valence-electron chi connectivity index (χ3n) is 2.83. The fraction of sp³-hybridized carbons (Fsp3) is 0. The van der Waals surface area contributed by atoms with E-state index in [1.165, 1.54) is 6.07 Å². The molecule has 0 spiro atoms. The fourth-order valence-electron chi connectivity index (χ4n) is 2.01. The first-order chi connectivity index (χ1) is 8.66. The summed E-state index contributed by atoms with van der Waals surface area (Å²) in [5.41, 5.74) is 0.967. The van der Waals surface area contributed by atoms with E-state index in [1.54, 1.807) is 36.4 Å². The Labute approximate surface area is 101 Å². The quantitative estimate of drug-likeness (QED) is 0.403. The number of aromatic hydroxyl groups is 1. The van der Waals surface area contributed by atoms with Gasteiger partial charge in [-0.1, -0.05) is 18.2 Å². The second-order valence-corrected chi connectivity index (χ2v) is 3.94. The first kappa shape index (κ1) is 10.5. The second-order valence-electron chi connectivity index (χ2n) is 3.94. The van der Waals surface area contributed by atoms with Crippen LogP contribution < -0.4 is 0 Å². The molecule has 88 valence electrons. The van der Waals surface area contributed by atoms with Crippen LogP contribution >= 0.6 is 0 Å². The number of nitrogens with zero attached hydrogens (tertiary/aromatic N) is 2. The molecule has 3 aromatic rings. The number of rotatable bonds is 1. The van der Waals surface area contributed by atoms with Gasteiger partial charge in [0.25, 0.3) is 5.69 Å². The topological polar surface area (TPSA) is 76.3 Å². The fourth-order valence-corrected chi connectivity index (χ4v) is 2.01. The van der Waals surface area contributed by atoms with Crippen LogP contribution in [0.25, 0.3) is 21.8 Å². The third kappa shape index (κ3) is 1.45. The number of nitro benzene ring substituents is 1. The molecule has 0 unspecified atom stereocenters. The SMILES string of the molecule is O=[N+]([O-])c1cccc2nc3c(O)cccc3cc12. The van der Waals surface area contributed by atoms with Gasteiger partial charge in [-0.15, -0.1) is 0 Å². The maximum absolute atomic E-state index is 10.9. The van der Waals surface area contributed by atoms with Crippen molar-refractivity contribution in [1.29, 1.82) is 0 Å². The molecule has 0 saturated heterocycles. The van der Waals surface area contributed by atoms with E-state index in [4.69, 9.17) is 0 Å². The van der Waals surface area contributed by atoms with Gasteiger partial charge in [-0.25, -0.2) is 4.98 Å². The minimum atomic E-state index is -0.432. The molecule has 2 aromatic carbocycles. The number of hydrogen-bond donors (Lipinski definition) is 1. The van der Waals surface area contributed by atoms with E-state index in [0.717, 1.165) is 0 Å². The normalized spacial score (nSPS) is 10.9. The van der Waals surface area contributed by atoms with E-state index in [1.807, 2.05) is 0 Å². The van der Waals surface area contributed by atoms with Crippen molar-refractivity contribution in [2.24, 2.45) is 0 Å². The van der Waals surface area contributed by atoms with Gasteiger partial charge in [-0.05, 0) is 18.2 Å². The highest BCUT2D eigenvalue weighted by Gasteiger charge is 2.13. The Morgan fingerprint density at radius 1 is 1.17 bits per heavy atom. The molecule has 0 radical (unpaired) electrons. The molecule has 1 N–H and O–H groups in total. The molecule has 3 rings (SSSR count). The largest absolute Gasteiger partial charge is 0.506 e. The maximum atomic E-state index is 10.9. The van der Waals surface area contributed by atoms with Crippen molar-refractivity contribution in [1.82, 2.24) is 4.98 Å². The number of nitro groups is 1. The van der Waals surface area contributed by atoms with Gasteiger partial charge in [-0.2, -0.15) is 0 Å². The number of non-ortho nitro benzene ring substituents is 1. The molecule has 0 atom stereocenters. The second kappa shape index (κ2) is 3.66. The first-order valence-electron chi connectivity index (χ1n) is 5.32. The Bertz CT molecular complexity index is 784. The van der Waals surface area contributed by atoms with Gasteiger partial charge in [0, 0.05) is 11.5 Å². The van der Waals surface area contributed by atoms with Crippen LogP contribution in [0.4, 0.5) is 5.69 Å². The van der Waals surface area contributed by atoms with E-state index < -0.39 is 4.92 Å². The van der Waals surface area contributed by atoms with Gasteiger partial charge >= 0.3 is 0 Å². The lowest BCUT2D eigenvalue weighted by atomic mass is 10.1. The van der Waals surface area contributed by atoms with Crippen LogP contribution in [0, 0.1) is 10.1 Å². The number of hydrogen-bond acceptors (Lipinski definition) is 4. The maximum Gasteiger partial charge on any atom is 0.278 e. The molecule has 0 amide bonds. The number of aromatic nitrogens is 1. The van der Waals surface area contributed by atoms with Crippen molar-refractivity contribution in [2.75, 3.05) is 0 Å². The lowest BCUT2D eigenvalue weighted by Gasteiger charge is -2.03. The standard InChI is InChI=1S/C13H8N2O3/c16-12-6-1-3-8-7-9-10(14-13(8)12)4-2-5-11(9)15(17)18/h1-7,16H. The molecular formula is C13H8N2O3. The third-order valence-corrected chi connectivity index (χ3v) is 2.83. The van der Waals surface area contributed by atoms with Crippen LogP contribution in [0.15, 0.2) is 42.5 Å². The van der Waals surface area contributed by atoms with Crippen molar-refractivity contribution < 1.29 is 10.0 Å². The molecule has 1 heterocycles. The predicted octanol–water partition coefficient (Wildman–Crippen LogP) is 3.00. The smallest absolute Gasteiger partial charge is 0.278 e. The molecule has 0 saturated carbocycles. The van der Waals surface area contributed by atoms with Gasteiger partial charge < -0.3 is 5.11 Å².